The van der Waals surface area contributed by atoms with E-state index in [1.165, 1.54) is 6.07 Å². The zero-order chi connectivity index (χ0) is 10.7. The van der Waals surface area contributed by atoms with Gasteiger partial charge in [-0.3, -0.25) is 4.79 Å². The van der Waals surface area contributed by atoms with E-state index in [0.717, 1.165) is 13.0 Å². The number of rotatable bonds is 1. The third-order valence-electron chi connectivity index (χ3n) is 2.29. The monoisotopic (exact) mass is 209 g/mol. The Kier molecular flexibility index (Phi) is 2.80. The smallest absolute Gasteiger partial charge is 0.239 e. The molecule has 2 heterocycles. The number of pyridine rings is 1. The molecule has 1 amide bonds. The van der Waals surface area contributed by atoms with Crippen LogP contribution in [0.1, 0.15) is 6.42 Å². The Morgan fingerprint density at radius 2 is 2.33 bits per heavy atom. The molecule has 4 nitrogen and oxygen atoms in total. The third-order valence-corrected chi connectivity index (χ3v) is 2.29. The van der Waals surface area contributed by atoms with Crippen molar-refractivity contribution in [3.8, 4) is 0 Å². The van der Waals surface area contributed by atoms with Crippen LogP contribution in [0.5, 0.6) is 0 Å². The quantitative estimate of drug-likeness (QED) is 0.687. The Morgan fingerprint density at radius 1 is 1.47 bits per heavy atom. The molecule has 1 aliphatic rings. The standard InChI is InChI=1S/C10H12FN3O/c11-8-3-1-4-9(13-8)14-6-2-5-12-10(15)7-14/h1,3-4H,2,5-7H2,(H,12,15). The highest BCUT2D eigenvalue weighted by Crippen LogP contribution is 2.12. The first kappa shape index (κ1) is 9.89. The van der Waals surface area contributed by atoms with Gasteiger partial charge in [0.2, 0.25) is 11.9 Å². The van der Waals surface area contributed by atoms with E-state index in [2.05, 4.69) is 10.3 Å². The van der Waals surface area contributed by atoms with Gasteiger partial charge in [0.25, 0.3) is 0 Å². The van der Waals surface area contributed by atoms with Crippen LogP contribution in [-0.2, 0) is 4.79 Å². The molecule has 1 saturated heterocycles. The number of nitrogens with zero attached hydrogens (tertiary/aromatic N) is 2. The number of hydrogen-bond acceptors (Lipinski definition) is 3. The highest BCUT2D eigenvalue weighted by Gasteiger charge is 2.15. The summed E-state index contributed by atoms with van der Waals surface area (Å²) in [7, 11) is 0. The van der Waals surface area contributed by atoms with Crippen LogP contribution >= 0.6 is 0 Å². The second-order valence-corrected chi connectivity index (χ2v) is 3.44. The van der Waals surface area contributed by atoms with Gasteiger partial charge >= 0.3 is 0 Å². The Bertz CT molecular complexity index is 369. The Balaban J connectivity index is 2.18. The van der Waals surface area contributed by atoms with Gasteiger partial charge in [-0.1, -0.05) is 6.07 Å². The Hall–Kier alpha value is -1.65. The molecule has 1 aromatic rings. The van der Waals surface area contributed by atoms with E-state index < -0.39 is 5.95 Å². The van der Waals surface area contributed by atoms with E-state index in [1.807, 2.05) is 0 Å². The summed E-state index contributed by atoms with van der Waals surface area (Å²) in [6.07, 6.45) is 0.851. The Labute approximate surface area is 87.1 Å². The van der Waals surface area contributed by atoms with Gasteiger partial charge in [-0.2, -0.15) is 4.39 Å². The average molecular weight is 209 g/mol. The number of carbonyl (C=O) groups is 1. The van der Waals surface area contributed by atoms with Crippen molar-refractivity contribution in [2.75, 3.05) is 24.5 Å². The van der Waals surface area contributed by atoms with Crippen LogP contribution in [0.15, 0.2) is 18.2 Å². The molecule has 0 saturated carbocycles. The van der Waals surface area contributed by atoms with Crippen molar-refractivity contribution in [3.05, 3.63) is 24.1 Å². The van der Waals surface area contributed by atoms with Gasteiger partial charge in [0.15, 0.2) is 0 Å². The van der Waals surface area contributed by atoms with Gasteiger partial charge in [-0.25, -0.2) is 4.98 Å². The fraction of sp³-hybridized carbons (Fsp3) is 0.400. The number of carbonyl (C=O) groups excluding carboxylic acids is 1. The van der Waals surface area contributed by atoms with Crippen molar-refractivity contribution < 1.29 is 9.18 Å². The van der Waals surface area contributed by atoms with E-state index in [1.54, 1.807) is 17.0 Å². The third kappa shape index (κ3) is 2.43. The van der Waals surface area contributed by atoms with Crippen LogP contribution in [-0.4, -0.2) is 30.5 Å². The highest BCUT2D eigenvalue weighted by atomic mass is 19.1. The SMILES string of the molecule is O=C1CN(c2cccc(F)n2)CCCN1. The van der Waals surface area contributed by atoms with Gasteiger partial charge in [0.1, 0.15) is 5.82 Å². The molecular formula is C10H12FN3O. The molecule has 0 aliphatic carbocycles. The first-order valence-corrected chi connectivity index (χ1v) is 4.90. The largest absolute Gasteiger partial charge is 0.354 e. The summed E-state index contributed by atoms with van der Waals surface area (Å²) < 4.78 is 12.9. The molecule has 1 N–H and O–H groups in total. The molecule has 0 atom stereocenters. The second-order valence-electron chi connectivity index (χ2n) is 3.44. The normalized spacial score (nSPS) is 17.1. The van der Waals surface area contributed by atoms with E-state index in [4.69, 9.17) is 0 Å². The summed E-state index contributed by atoms with van der Waals surface area (Å²) >= 11 is 0. The zero-order valence-electron chi connectivity index (χ0n) is 8.24. The number of anilines is 1. The number of hydrogen-bond donors (Lipinski definition) is 1. The van der Waals surface area contributed by atoms with Crippen LogP contribution in [0.25, 0.3) is 0 Å². The molecule has 1 aliphatic heterocycles. The van der Waals surface area contributed by atoms with Crippen LogP contribution in [0, 0.1) is 5.95 Å². The Morgan fingerprint density at radius 3 is 3.13 bits per heavy atom. The van der Waals surface area contributed by atoms with E-state index in [-0.39, 0.29) is 12.5 Å². The summed E-state index contributed by atoms with van der Waals surface area (Å²) in [6, 6.07) is 4.60. The van der Waals surface area contributed by atoms with Gasteiger partial charge in [-0.15, -0.1) is 0 Å². The summed E-state index contributed by atoms with van der Waals surface area (Å²) in [4.78, 5) is 16.8. The molecule has 5 heteroatoms. The fourth-order valence-corrected chi connectivity index (χ4v) is 1.58. The van der Waals surface area contributed by atoms with Gasteiger partial charge in [-0.05, 0) is 18.6 Å². The maximum atomic E-state index is 12.9. The van der Waals surface area contributed by atoms with Gasteiger partial charge < -0.3 is 10.2 Å². The minimum atomic E-state index is -0.517. The molecule has 2 rings (SSSR count). The summed E-state index contributed by atoms with van der Waals surface area (Å²) in [5.74, 6) is -0.0391. The van der Waals surface area contributed by atoms with Crippen molar-refractivity contribution >= 4 is 11.7 Å². The van der Waals surface area contributed by atoms with Crippen LogP contribution in [0.2, 0.25) is 0 Å². The average Bonchev–Trinajstić information content (AvgIpc) is 2.43. The van der Waals surface area contributed by atoms with E-state index >= 15 is 0 Å². The van der Waals surface area contributed by atoms with Gasteiger partial charge in [0, 0.05) is 13.1 Å². The lowest BCUT2D eigenvalue weighted by atomic mass is 10.3. The van der Waals surface area contributed by atoms with Crippen molar-refractivity contribution in [2.24, 2.45) is 0 Å². The maximum absolute atomic E-state index is 12.9. The first-order chi connectivity index (χ1) is 7.25. The number of aromatic nitrogens is 1. The number of nitrogens with one attached hydrogen (secondary N) is 1. The zero-order valence-corrected chi connectivity index (χ0v) is 8.24. The van der Waals surface area contributed by atoms with Crippen LogP contribution in [0.4, 0.5) is 10.2 Å². The molecular weight excluding hydrogens is 197 g/mol. The van der Waals surface area contributed by atoms with Crippen molar-refractivity contribution in [3.63, 3.8) is 0 Å². The first-order valence-electron chi connectivity index (χ1n) is 4.90. The molecule has 1 fully saturated rings. The number of halogens is 1. The fourth-order valence-electron chi connectivity index (χ4n) is 1.58. The molecule has 0 bridgehead atoms. The summed E-state index contributed by atoms with van der Waals surface area (Å²) in [6.45, 7) is 1.64. The van der Waals surface area contributed by atoms with Crippen LogP contribution < -0.4 is 10.2 Å². The van der Waals surface area contributed by atoms with Crippen molar-refractivity contribution in [2.45, 2.75) is 6.42 Å². The second kappa shape index (κ2) is 4.25. The van der Waals surface area contributed by atoms with Crippen molar-refractivity contribution in [1.82, 2.24) is 10.3 Å². The molecule has 80 valence electrons. The predicted molar refractivity (Wildman–Crippen MR) is 54.0 cm³/mol. The topological polar surface area (TPSA) is 45.2 Å². The molecule has 0 radical (unpaired) electrons. The van der Waals surface area contributed by atoms with E-state index in [9.17, 15) is 9.18 Å². The summed E-state index contributed by atoms with van der Waals surface area (Å²) in [5.41, 5.74) is 0. The minimum absolute atomic E-state index is 0.0430. The molecule has 0 aromatic carbocycles. The minimum Gasteiger partial charge on any atom is -0.354 e. The lowest BCUT2D eigenvalue weighted by Crippen LogP contribution is -2.33. The molecule has 0 unspecified atom stereocenters. The summed E-state index contributed by atoms with van der Waals surface area (Å²) in [5, 5.41) is 2.76. The van der Waals surface area contributed by atoms with Gasteiger partial charge in [0.05, 0.1) is 6.54 Å². The van der Waals surface area contributed by atoms with E-state index in [0.29, 0.717) is 12.4 Å². The van der Waals surface area contributed by atoms with Crippen molar-refractivity contribution in [1.29, 1.82) is 0 Å². The highest BCUT2D eigenvalue weighted by molar-refractivity contribution is 5.81. The maximum Gasteiger partial charge on any atom is 0.239 e. The molecule has 15 heavy (non-hydrogen) atoms. The predicted octanol–water partition coefficient (Wildman–Crippen LogP) is 0.547. The lowest BCUT2D eigenvalue weighted by Gasteiger charge is -2.19. The molecule has 1 aromatic heterocycles. The van der Waals surface area contributed by atoms with Crippen LogP contribution in [0.3, 0.4) is 0 Å². The number of amides is 1. The molecule has 0 spiro atoms. The lowest BCUT2D eigenvalue weighted by molar-refractivity contribution is -0.119.